The highest BCUT2D eigenvalue weighted by atomic mass is 16.6. The second kappa shape index (κ2) is 2.22. The van der Waals surface area contributed by atoms with Gasteiger partial charge in [0.2, 0.25) is 0 Å². The molecule has 3 nitrogen and oxygen atoms in total. The van der Waals surface area contributed by atoms with Gasteiger partial charge in [-0.2, -0.15) is 5.26 Å². The van der Waals surface area contributed by atoms with Gasteiger partial charge in [0, 0.05) is 6.61 Å². The number of fused-ring (bicyclic) bond motifs is 1. The van der Waals surface area contributed by atoms with Crippen LogP contribution in [0, 0.1) is 17.2 Å². The van der Waals surface area contributed by atoms with Crippen molar-refractivity contribution in [2.45, 2.75) is 18.6 Å². The minimum atomic E-state index is -0.0208. The Balaban J connectivity index is 2.10. The largest absolute Gasteiger partial charge is 0.374 e. The third-order valence-corrected chi connectivity index (χ3v) is 2.13. The molecule has 2 rings (SSSR count). The van der Waals surface area contributed by atoms with E-state index in [2.05, 4.69) is 6.07 Å². The lowest BCUT2D eigenvalue weighted by atomic mass is 10.0. The lowest BCUT2D eigenvalue weighted by molar-refractivity contribution is 0.0690. The third kappa shape index (κ3) is 0.731. The maximum Gasteiger partial charge on any atom is 0.102 e. The van der Waals surface area contributed by atoms with Crippen molar-refractivity contribution >= 4 is 0 Å². The van der Waals surface area contributed by atoms with Gasteiger partial charge in [-0.05, 0) is 6.42 Å². The molecule has 2 fully saturated rings. The van der Waals surface area contributed by atoms with Gasteiger partial charge in [-0.25, -0.2) is 0 Å². The van der Waals surface area contributed by atoms with E-state index >= 15 is 0 Å². The summed E-state index contributed by atoms with van der Waals surface area (Å²) in [4.78, 5) is 0. The molecular weight excluding hydrogens is 130 g/mol. The molecule has 0 aliphatic carbocycles. The van der Waals surface area contributed by atoms with Crippen LogP contribution in [0.5, 0.6) is 0 Å². The summed E-state index contributed by atoms with van der Waals surface area (Å²) in [6.45, 7) is 1.32. The highest BCUT2D eigenvalue weighted by Crippen LogP contribution is 2.29. The van der Waals surface area contributed by atoms with Crippen LogP contribution in [-0.2, 0) is 9.47 Å². The quantitative estimate of drug-likeness (QED) is 0.485. The molecule has 0 N–H and O–H groups in total. The number of hydrogen-bond acceptors (Lipinski definition) is 3. The molecule has 2 saturated heterocycles. The van der Waals surface area contributed by atoms with Crippen LogP contribution in [0.25, 0.3) is 0 Å². The van der Waals surface area contributed by atoms with Crippen LogP contribution >= 0.6 is 0 Å². The van der Waals surface area contributed by atoms with Crippen LogP contribution in [-0.4, -0.2) is 25.4 Å². The number of nitriles is 1. The average Bonchev–Trinajstić information content (AvgIpc) is 2.44. The van der Waals surface area contributed by atoms with Crippen molar-refractivity contribution in [2.75, 3.05) is 13.2 Å². The first-order chi connectivity index (χ1) is 4.92. The standard InChI is InChI=1S/C7H9NO2/c8-3-5-4-10-6-1-2-9-7(5)6/h5-7H,1-2,4H2/t5?,6-,7-/m1/s1. The summed E-state index contributed by atoms with van der Waals surface area (Å²) in [7, 11) is 0. The van der Waals surface area contributed by atoms with Crippen molar-refractivity contribution in [1.29, 1.82) is 5.26 Å². The maximum atomic E-state index is 8.60. The van der Waals surface area contributed by atoms with E-state index in [1.54, 1.807) is 0 Å². The predicted molar refractivity (Wildman–Crippen MR) is 33.2 cm³/mol. The van der Waals surface area contributed by atoms with Gasteiger partial charge in [-0.1, -0.05) is 0 Å². The summed E-state index contributed by atoms with van der Waals surface area (Å²) in [6, 6.07) is 2.19. The van der Waals surface area contributed by atoms with Gasteiger partial charge >= 0.3 is 0 Å². The molecule has 0 aromatic rings. The third-order valence-electron chi connectivity index (χ3n) is 2.13. The smallest absolute Gasteiger partial charge is 0.102 e. The minimum Gasteiger partial charge on any atom is -0.374 e. The van der Waals surface area contributed by atoms with E-state index in [-0.39, 0.29) is 18.1 Å². The molecule has 2 aliphatic heterocycles. The van der Waals surface area contributed by atoms with Gasteiger partial charge in [0.1, 0.15) is 6.10 Å². The van der Waals surface area contributed by atoms with Gasteiger partial charge in [0.05, 0.1) is 24.7 Å². The maximum absolute atomic E-state index is 8.60. The van der Waals surface area contributed by atoms with Crippen LogP contribution in [0.4, 0.5) is 0 Å². The Labute approximate surface area is 59.5 Å². The Morgan fingerprint density at radius 2 is 2.30 bits per heavy atom. The summed E-state index contributed by atoms with van der Waals surface area (Å²) in [5.74, 6) is -0.0208. The molecular formula is C7H9NO2. The normalized spacial score (nSPS) is 44.9. The summed E-state index contributed by atoms with van der Waals surface area (Å²) in [5, 5.41) is 8.60. The lowest BCUT2D eigenvalue weighted by Crippen LogP contribution is -2.21. The van der Waals surface area contributed by atoms with Gasteiger partial charge in [0.15, 0.2) is 0 Å². The van der Waals surface area contributed by atoms with E-state index < -0.39 is 0 Å². The van der Waals surface area contributed by atoms with E-state index in [0.29, 0.717) is 6.61 Å². The molecule has 0 bridgehead atoms. The summed E-state index contributed by atoms with van der Waals surface area (Å²) >= 11 is 0. The summed E-state index contributed by atoms with van der Waals surface area (Å²) in [6.07, 6.45) is 1.25. The molecule has 0 radical (unpaired) electrons. The second-order valence-electron chi connectivity index (χ2n) is 2.73. The van der Waals surface area contributed by atoms with E-state index in [1.165, 1.54) is 0 Å². The molecule has 0 aromatic heterocycles. The molecule has 3 heteroatoms. The molecule has 0 spiro atoms. The Hall–Kier alpha value is -0.590. The molecule has 0 amide bonds. The van der Waals surface area contributed by atoms with Crippen molar-refractivity contribution in [3.05, 3.63) is 0 Å². The van der Waals surface area contributed by atoms with E-state index in [1.807, 2.05) is 0 Å². The van der Waals surface area contributed by atoms with Crippen molar-refractivity contribution in [3.8, 4) is 6.07 Å². The summed E-state index contributed by atoms with van der Waals surface area (Å²) in [5.41, 5.74) is 0. The van der Waals surface area contributed by atoms with E-state index in [9.17, 15) is 0 Å². The Morgan fingerprint density at radius 3 is 3.10 bits per heavy atom. The van der Waals surface area contributed by atoms with E-state index in [0.717, 1.165) is 13.0 Å². The first-order valence-corrected chi connectivity index (χ1v) is 3.54. The van der Waals surface area contributed by atoms with E-state index in [4.69, 9.17) is 14.7 Å². The zero-order valence-corrected chi connectivity index (χ0v) is 5.62. The fraction of sp³-hybridized carbons (Fsp3) is 0.857. The van der Waals surface area contributed by atoms with Crippen LogP contribution < -0.4 is 0 Å². The zero-order valence-electron chi connectivity index (χ0n) is 5.62. The molecule has 1 unspecified atom stereocenters. The Kier molecular flexibility index (Phi) is 1.37. The number of rotatable bonds is 0. The van der Waals surface area contributed by atoms with Gasteiger partial charge in [-0.15, -0.1) is 0 Å². The molecule has 2 aliphatic rings. The highest BCUT2D eigenvalue weighted by molar-refractivity contribution is 4.99. The molecule has 10 heavy (non-hydrogen) atoms. The summed E-state index contributed by atoms with van der Waals surface area (Å²) < 4.78 is 10.7. The first kappa shape index (κ1) is 6.14. The van der Waals surface area contributed by atoms with Crippen molar-refractivity contribution in [2.24, 2.45) is 5.92 Å². The fourth-order valence-electron chi connectivity index (χ4n) is 1.58. The lowest BCUT2D eigenvalue weighted by Gasteiger charge is -2.06. The first-order valence-electron chi connectivity index (χ1n) is 3.54. The van der Waals surface area contributed by atoms with Crippen molar-refractivity contribution in [1.82, 2.24) is 0 Å². The molecule has 0 aromatic carbocycles. The SMILES string of the molecule is N#CC1CO[C@@H]2CCO[C@H]12. The fourth-order valence-corrected chi connectivity index (χ4v) is 1.58. The van der Waals surface area contributed by atoms with Gasteiger partial charge < -0.3 is 9.47 Å². The monoisotopic (exact) mass is 139 g/mol. The van der Waals surface area contributed by atoms with Crippen molar-refractivity contribution in [3.63, 3.8) is 0 Å². The van der Waals surface area contributed by atoms with Gasteiger partial charge in [-0.3, -0.25) is 0 Å². The molecule has 2 heterocycles. The van der Waals surface area contributed by atoms with Crippen LogP contribution in [0.15, 0.2) is 0 Å². The Bertz CT molecular complexity index is 175. The van der Waals surface area contributed by atoms with Gasteiger partial charge in [0.25, 0.3) is 0 Å². The number of hydrogen-bond donors (Lipinski definition) is 0. The Morgan fingerprint density at radius 1 is 1.40 bits per heavy atom. The number of ether oxygens (including phenoxy) is 2. The topological polar surface area (TPSA) is 42.2 Å². The zero-order chi connectivity index (χ0) is 6.97. The van der Waals surface area contributed by atoms with Crippen molar-refractivity contribution < 1.29 is 9.47 Å². The molecule has 3 atom stereocenters. The minimum absolute atomic E-state index is 0.0208. The van der Waals surface area contributed by atoms with Crippen LogP contribution in [0.3, 0.4) is 0 Å². The predicted octanol–water partition coefficient (Wildman–Crippen LogP) is 0.314. The highest BCUT2D eigenvalue weighted by Gasteiger charge is 2.41. The second-order valence-corrected chi connectivity index (χ2v) is 2.73. The molecule has 0 saturated carbocycles. The number of nitrogens with zero attached hydrogens (tertiary/aromatic N) is 1. The van der Waals surface area contributed by atoms with Crippen LogP contribution in [0.2, 0.25) is 0 Å². The average molecular weight is 139 g/mol. The van der Waals surface area contributed by atoms with Crippen LogP contribution in [0.1, 0.15) is 6.42 Å². The molecule has 54 valence electrons.